The number of fused-ring (bicyclic) bond motifs is 2. The maximum atomic E-state index is 14.1. The molecule has 2 aliphatic heterocycles. The molecule has 3 heterocycles. The van der Waals surface area contributed by atoms with E-state index in [-0.39, 0.29) is 18.5 Å². The Morgan fingerprint density at radius 3 is 2.68 bits per heavy atom. The first-order valence-electron chi connectivity index (χ1n) is 9.98. The lowest BCUT2D eigenvalue weighted by atomic mass is 10.0. The van der Waals surface area contributed by atoms with Gasteiger partial charge in [0.15, 0.2) is 11.5 Å². The Balaban J connectivity index is 1.40. The molecule has 8 heteroatoms. The van der Waals surface area contributed by atoms with Crippen molar-refractivity contribution in [3.63, 3.8) is 0 Å². The van der Waals surface area contributed by atoms with Crippen molar-refractivity contribution >= 4 is 22.5 Å². The molecule has 0 bridgehead atoms. The Kier molecular flexibility index (Phi) is 4.59. The summed E-state index contributed by atoms with van der Waals surface area (Å²) in [6, 6.07) is 10.2. The second-order valence-corrected chi connectivity index (χ2v) is 7.60. The number of aromatic nitrogens is 1. The van der Waals surface area contributed by atoms with Crippen molar-refractivity contribution < 1.29 is 18.7 Å². The Morgan fingerprint density at radius 1 is 1.13 bits per heavy atom. The highest BCUT2D eigenvalue weighted by Crippen LogP contribution is 2.34. The van der Waals surface area contributed by atoms with E-state index in [1.165, 1.54) is 18.3 Å². The largest absolute Gasteiger partial charge is 0.454 e. The Labute approximate surface area is 178 Å². The van der Waals surface area contributed by atoms with Crippen molar-refractivity contribution in [2.75, 3.05) is 37.9 Å². The van der Waals surface area contributed by atoms with E-state index in [1.54, 1.807) is 30.0 Å². The van der Waals surface area contributed by atoms with Gasteiger partial charge in [0.25, 0.3) is 5.91 Å². The quantitative estimate of drug-likeness (QED) is 0.636. The van der Waals surface area contributed by atoms with Crippen LogP contribution < -0.4 is 14.4 Å². The molecule has 2 aliphatic rings. The number of piperazine rings is 1. The number of benzene rings is 2. The molecule has 0 radical (unpaired) electrons. The van der Waals surface area contributed by atoms with Gasteiger partial charge in [-0.15, -0.1) is 0 Å². The molecule has 1 amide bonds. The summed E-state index contributed by atoms with van der Waals surface area (Å²) in [5, 5.41) is 10.2. The number of aryl methyl sites for hydroxylation is 1. The number of hydrogen-bond acceptors (Lipinski definition) is 6. The number of amides is 1. The van der Waals surface area contributed by atoms with E-state index in [0.717, 1.165) is 5.56 Å². The zero-order chi connectivity index (χ0) is 21.5. The van der Waals surface area contributed by atoms with E-state index in [4.69, 9.17) is 9.47 Å². The van der Waals surface area contributed by atoms with Crippen LogP contribution in [0.1, 0.15) is 21.5 Å². The molecule has 5 rings (SSSR count). The van der Waals surface area contributed by atoms with E-state index < -0.39 is 0 Å². The van der Waals surface area contributed by atoms with Gasteiger partial charge in [-0.25, -0.2) is 4.39 Å². The molecule has 7 nitrogen and oxygen atoms in total. The minimum Gasteiger partial charge on any atom is -0.454 e. The fourth-order valence-corrected chi connectivity index (χ4v) is 4.19. The van der Waals surface area contributed by atoms with Crippen molar-refractivity contribution in [3.05, 3.63) is 59.0 Å². The molecular weight excluding hydrogens is 399 g/mol. The number of hydrogen-bond donors (Lipinski definition) is 0. The van der Waals surface area contributed by atoms with Crippen LogP contribution in [-0.2, 0) is 0 Å². The summed E-state index contributed by atoms with van der Waals surface area (Å²) < 4.78 is 24.8. The monoisotopic (exact) mass is 418 g/mol. The standard InChI is InChI=1S/C23H19FN4O3/c1-14-8-17(24)10-18-21(14)26-12-16(11-25)22(18)27-4-6-28(7-5-27)23(29)15-2-3-19-20(9-15)31-13-30-19/h2-3,8-10,12H,4-7,13H2,1H3. The molecule has 0 aliphatic carbocycles. The van der Waals surface area contributed by atoms with Crippen molar-refractivity contribution in [3.8, 4) is 17.6 Å². The number of carbonyl (C=O) groups is 1. The molecule has 31 heavy (non-hydrogen) atoms. The van der Waals surface area contributed by atoms with Gasteiger partial charge in [-0.3, -0.25) is 9.78 Å². The number of nitriles is 1. The molecule has 0 N–H and O–H groups in total. The molecule has 0 atom stereocenters. The number of nitrogens with zero attached hydrogens (tertiary/aromatic N) is 4. The van der Waals surface area contributed by atoms with Crippen LogP contribution in [0.2, 0.25) is 0 Å². The topological polar surface area (TPSA) is 78.7 Å². The second kappa shape index (κ2) is 7.43. The fourth-order valence-electron chi connectivity index (χ4n) is 4.19. The van der Waals surface area contributed by atoms with Crippen molar-refractivity contribution in [1.29, 1.82) is 5.26 Å². The molecule has 1 aromatic heterocycles. The number of ether oxygens (including phenoxy) is 2. The highest BCUT2D eigenvalue weighted by atomic mass is 19.1. The van der Waals surface area contributed by atoms with Gasteiger partial charge in [0.1, 0.15) is 11.9 Å². The van der Waals surface area contributed by atoms with Gasteiger partial charge in [-0.1, -0.05) is 0 Å². The first kappa shape index (κ1) is 19.1. The maximum absolute atomic E-state index is 14.1. The Morgan fingerprint density at radius 2 is 1.90 bits per heavy atom. The van der Waals surface area contributed by atoms with Gasteiger partial charge in [0.2, 0.25) is 6.79 Å². The number of halogens is 1. The third-order valence-corrected chi connectivity index (χ3v) is 5.72. The summed E-state index contributed by atoms with van der Waals surface area (Å²) in [5.74, 6) is 0.765. The lowest BCUT2D eigenvalue weighted by molar-refractivity contribution is 0.0746. The smallest absolute Gasteiger partial charge is 0.254 e. The van der Waals surface area contributed by atoms with Gasteiger partial charge in [-0.05, 0) is 42.8 Å². The molecular formula is C23H19FN4O3. The summed E-state index contributed by atoms with van der Waals surface area (Å²) in [7, 11) is 0. The van der Waals surface area contributed by atoms with Crippen molar-refractivity contribution in [1.82, 2.24) is 9.88 Å². The number of rotatable bonds is 2. The van der Waals surface area contributed by atoms with Crippen molar-refractivity contribution in [2.45, 2.75) is 6.92 Å². The van der Waals surface area contributed by atoms with Crippen LogP contribution in [0.3, 0.4) is 0 Å². The normalized spacial score (nSPS) is 15.3. The molecule has 3 aromatic rings. The summed E-state index contributed by atoms with van der Waals surface area (Å²) in [5.41, 5.74) is 3.01. The molecule has 1 saturated heterocycles. The fraction of sp³-hybridized carbons (Fsp3) is 0.261. The van der Waals surface area contributed by atoms with Crippen LogP contribution in [0.25, 0.3) is 10.9 Å². The van der Waals surface area contributed by atoms with E-state index in [9.17, 15) is 14.4 Å². The van der Waals surface area contributed by atoms with Gasteiger partial charge < -0.3 is 19.3 Å². The average Bonchev–Trinajstić information content (AvgIpc) is 3.26. The lowest BCUT2D eigenvalue weighted by Gasteiger charge is -2.37. The molecule has 2 aromatic carbocycles. The van der Waals surface area contributed by atoms with Crippen LogP contribution >= 0.6 is 0 Å². The van der Waals surface area contributed by atoms with Crippen LogP contribution in [0.15, 0.2) is 36.5 Å². The average molecular weight is 418 g/mol. The highest BCUT2D eigenvalue weighted by Gasteiger charge is 2.26. The van der Waals surface area contributed by atoms with E-state index in [2.05, 4.69) is 11.1 Å². The van der Waals surface area contributed by atoms with E-state index in [1.807, 2.05) is 4.90 Å². The SMILES string of the molecule is Cc1cc(F)cc2c(N3CCN(C(=O)c4ccc5c(c4)OCO5)CC3)c(C#N)cnc12. The first-order valence-corrected chi connectivity index (χ1v) is 9.98. The van der Waals surface area contributed by atoms with Gasteiger partial charge >= 0.3 is 0 Å². The minimum atomic E-state index is -0.361. The molecule has 156 valence electrons. The van der Waals surface area contributed by atoms with Crippen molar-refractivity contribution in [2.24, 2.45) is 0 Å². The lowest BCUT2D eigenvalue weighted by Crippen LogP contribution is -2.49. The highest BCUT2D eigenvalue weighted by molar-refractivity contribution is 5.97. The summed E-state index contributed by atoms with van der Waals surface area (Å²) >= 11 is 0. The number of anilines is 1. The van der Waals surface area contributed by atoms with Gasteiger partial charge in [0, 0.05) is 43.3 Å². The first-order chi connectivity index (χ1) is 15.0. The van der Waals surface area contributed by atoms with Crippen LogP contribution in [0, 0.1) is 24.1 Å². The Bertz CT molecular complexity index is 1250. The number of carbonyl (C=O) groups excluding carboxylic acids is 1. The zero-order valence-electron chi connectivity index (χ0n) is 16.9. The van der Waals surface area contributed by atoms with Gasteiger partial charge in [0.05, 0.1) is 16.8 Å². The maximum Gasteiger partial charge on any atom is 0.254 e. The third-order valence-electron chi connectivity index (χ3n) is 5.72. The molecule has 1 fully saturated rings. The summed E-state index contributed by atoms with van der Waals surface area (Å²) in [6.45, 7) is 3.98. The van der Waals surface area contributed by atoms with Crippen LogP contribution in [-0.4, -0.2) is 48.8 Å². The molecule has 0 unspecified atom stereocenters. The minimum absolute atomic E-state index is 0.0834. The molecule has 0 spiro atoms. The predicted molar refractivity (Wildman–Crippen MR) is 112 cm³/mol. The van der Waals surface area contributed by atoms with E-state index >= 15 is 0 Å². The van der Waals surface area contributed by atoms with Gasteiger partial charge in [-0.2, -0.15) is 5.26 Å². The van der Waals surface area contributed by atoms with Crippen LogP contribution in [0.5, 0.6) is 11.5 Å². The van der Waals surface area contributed by atoms with Crippen LogP contribution in [0.4, 0.5) is 10.1 Å². The predicted octanol–water partition coefficient (Wildman–Crippen LogP) is 3.25. The number of pyridine rings is 1. The third kappa shape index (κ3) is 3.28. The summed E-state index contributed by atoms with van der Waals surface area (Å²) in [6.07, 6.45) is 1.53. The second-order valence-electron chi connectivity index (χ2n) is 7.60. The summed E-state index contributed by atoms with van der Waals surface area (Å²) in [4.78, 5) is 21.1. The van der Waals surface area contributed by atoms with E-state index in [0.29, 0.717) is 65.4 Å². The zero-order valence-corrected chi connectivity index (χ0v) is 16.9. The molecule has 0 saturated carbocycles. The Hall–Kier alpha value is -3.86.